The SMILES string of the molecule is Cn1cc(-c2noc(C3CC4CCC3NC4)n2)c2ccccc21.O=C(O)C(=O)O. The Balaban J connectivity index is 0.000000302. The van der Waals surface area contributed by atoms with Gasteiger partial charge in [0.1, 0.15) is 0 Å². The molecule has 3 aromatic rings. The van der Waals surface area contributed by atoms with Gasteiger partial charge in [-0.1, -0.05) is 23.4 Å². The zero-order chi connectivity index (χ0) is 20.5. The first-order chi connectivity index (χ1) is 13.9. The number of nitrogens with one attached hydrogen (secondary N) is 1. The molecule has 9 nitrogen and oxygen atoms in total. The topological polar surface area (TPSA) is 130 Å². The van der Waals surface area contributed by atoms with E-state index in [1.807, 2.05) is 0 Å². The number of hydrogen-bond donors (Lipinski definition) is 3. The summed E-state index contributed by atoms with van der Waals surface area (Å²) >= 11 is 0. The van der Waals surface area contributed by atoms with Crippen LogP contribution in [0.3, 0.4) is 0 Å². The zero-order valence-electron chi connectivity index (χ0n) is 15.9. The molecule has 29 heavy (non-hydrogen) atoms. The number of para-hydroxylation sites is 1. The number of hydrogen-bond acceptors (Lipinski definition) is 6. The molecular weight excluding hydrogens is 376 g/mol. The predicted octanol–water partition coefficient (Wildman–Crippen LogP) is 2.24. The van der Waals surface area contributed by atoms with Gasteiger partial charge in [0.15, 0.2) is 0 Å². The third-order valence-corrected chi connectivity index (χ3v) is 5.71. The smallest absolute Gasteiger partial charge is 0.414 e. The average Bonchev–Trinajstić information content (AvgIpc) is 3.35. The number of benzene rings is 1. The number of carboxylic acid groups (broad SMARTS) is 2. The van der Waals surface area contributed by atoms with Crippen LogP contribution in [0.4, 0.5) is 0 Å². The molecule has 3 atom stereocenters. The van der Waals surface area contributed by atoms with Gasteiger partial charge in [0.05, 0.1) is 5.92 Å². The molecule has 2 aliphatic heterocycles. The Hall–Kier alpha value is -3.20. The minimum Gasteiger partial charge on any atom is -0.473 e. The summed E-state index contributed by atoms with van der Waals surface area (Å²) in [6.07, 6.45) is 5.82. The average molecular weight is 398 g/mol. The van der Waals surface area contributed by atoms with Crippen molar-refractivity contribution in [2.45, 2.75) is 31.2 Å². The van der Waals surface area contributed by atoms with Gasteiger partial charge in [0, 0.05) is 35.8 Å². The van der Waals surface area contributed by atoms with E-state index in [1.54, 1.807) is 0 Å². The number of aliphatic carboxylic acids is 2. The molecule has 3 N–H and O–H groups in total. The first-order valence-corrected chi connectivity index (χ1v) is 9.51. The van der Waals surface area contributed by atoms with Crippen LogP contribution in [0.25, 0.3) is 22.3 Å². The third kappa shape index (κ3) is 3.73. The molecule has 1 aliphatic carbocycles. The van der Waals surface area contributed by atoms with E-state index < -0.39 is 11.9 Å². The molecule has 9 heteroatoms. The van der Waals surface area contributed by atoms with Gasteiger partial charge < -0.3 is 24.6 Å². The van der Waals surface area contributed by atoms with Crippen molar-refractivity contribution in [2.24, 2.45) is 13.0 Å². The van der Waals surface area contributed by atoms with Crippen LogP contribution in [0.15, 0.2) is 35.0 Å². The van der Waals surface area contributed by atoms with Crippen molar-refractivity contribution in [3.8, 4) is 11.4 Å². The quantitative estimate of drug-likeness (QED) is 0.560. The highest BCUT2D eigenvalue weighted by Crippen LogP contribution is 2.40. The Morgan fingerprint density at radius 3 is 2.59 bits per heavy atom. The van der Waals surface area contributed by atoms with E-state index in [2.05, 4.69) is 52.6 Å². The lowest BCUT2D eigenvalue weighted by Crippen LogP contribution is -2.49. The molecule has 6 rings (SSSR count). The van der Waals surface area contributed by atoms with E-state index in [4.69, 9.17) is 29.3 Å². The van der Waals surface area contributed by atoms with Crippen molar-refractivity contribution >= 4 is 22.8 Å². The van der Waals surface area contributed by atoms with Crippen molar-refractivity contribution < 1.29 is 24.3 Å². The summed E-state index contributed by atoms with van der Waals surface area (Å²) in [5, 5.41) is 23.9. The Morgan fingerprint density at radius 2 is 1.97 bits per heavy atom. The summed E-state index contributed by atoms with van der Waals surface area (Å²) in [5.74, 6) is -1.00. The number of carboxylic acids is 2. The number of fused-ring (bicyclic) bond motifs is 4. The predicted molar refractivity (Wildman–Crippen MR) is 103 cm³/mol. The lowest BCUT2D eigenvalue weighted by molar-refractivity contribution is -0.159. The lowest BCUT2D eigenvalue weighted by Gasteiger charge is -2.41. The van der Waals surface area contributed by atoms with Crippen LogP contribution < -0.4 is 5.32 Å². The number of aryl methyl sites for hydroxylation is 1. The largest absolute Gasteiger partial charge is 0.473 e. The molecule has 3 unspecified atom stereocenters. The maximum absolute atomic E-state index is 9.10. The summed E-state index contributed by atoms with van der Waals surface area (Å²) in [7, 11) is 2.05. The van der Waals surface area contributed by atoms with Crippen LogP contribution in [0, 0.1) is 5.92 Å². The second-order valence-electron chi connectivity index (χ2n) is 7.54. The first-order valence-electron chi connectivity index (χ1n) is 9.51. The van der Waals surface area contributed by atoms with Gasteiger partial charge in [-0.25, -0.2) is 9.59 Å². The van der Waals surface area contributed by atoms with E-state index >= 15 is 0 Å². The van der Waals surface area contributed by atoms with Gasteiger partial charge in [-0.3, -0.25) is 0 Å². The Kier molecular flexibility index (Phi) is 5.06. The highest BCUT2D eigenvalue weighted by molar-refractivity contribution is 6.27. The second kappa shape index (κ2) is 7.67. The monoisotopic (exact) mass is 398 g/mol. The van der Waals surface area contributed by atoms with Crippen LogP contribution in [0.5, 0.6) is 0 Å². The highest BCUT2D eigenvalue weighted by atomic mass is 16.5. The van der Waals surface area contributed by atoms with E-state index in [1.165, 1.54) is 30.2 Å². The molecule has 0 radical (unpaired) electrons. The van der Waals surface area contributed by atoms with Gasteiger partial charge in [-0.05, 0) is 37.8 Å². The van der Waals surface area contributed by atoms with Crippen molar-refractivity contribution in [3.05, 3.63) is 36.4 Å². The van der Waals surface area contributed by atoms with Gasteiger partial charge in [0.25, 0.3) is 0 Å². The molecule has 2 saturated heterocycles. The van der Waals surface area contributed by atoms with E-state index in [-0.39, 0.29) is 0 Å². The summed E-state index contributed by atoms with van der Waals surface area (Å²) < 4.78 is 7.77. The molecule has 3 fully saturated rings. The molecule has 2 bridgehead atoms. The third-order valence-electron chi connectivity index (χ3n) is 5.71. The zero-order valence-corrected chi connectivity index (χ0v) is 15.9. The summed E-state index contributed by atoms with van der Waals surface area (Å²) in [6.45, 7) is 1.14. The van der Waals surface area contributed by atoms with Crippen molar-refractivity contribution in [3.63, 3.8) is 0 Å². The first kappa shape index (κ1) is 19.1. The van der Waals surface area contributed by atoms with Crippen LogP contribution in [0.2, 0.25) is 0 Å². The summed E-state index contributed by atoms with van der Waals surface area (Å²) in [6, 6.07) is 8.84. The van der Waals surface area contributed by atoms with E-state index in [0.29, 0.717) is 17.8 Å². The van der Waals surface area contributed by atoms with Crippen molar-refractivity contribution in [1.82, 2.24) is 20.0 Å². The summed E-state index contributed by atoms with van der Waals surface area (Å²) in [4.78, 5) is 23.0. The maximum Gasteiger partial charge on any atom is 0.414 e. The van der Waals surface area contributed by atoms with Gasteiger partial charge in [-0.2, -0.15) is 4.98 Å². The molecule has 1 saturated carbocycles. The maximum atomic E-state index is 9.10. The summed E-state index contributed by atoms with van der Waals surface area (Å²) in [5.41, 5.74) is 2.24. The fourth-order valence-electron chi connectivity index (χ4n) is 4.29. The molecule has 0 spiro atoms. The fraction of sp³-hybridized carbons (Fsp3) is 0.400. The van der Waals surface area contributed by atoms with Crippen LogP contribution in [0.1, 0.15) is 31.1 Å². The molecule has 152 valence electrons. The molecule has 2 aromatic heterocycles. The van der Waals surface area contributed by atoms with Crippen LogP contribution in [-0.2, 0) is 16.6 Å². The van der Waals surface area contributed by atoms with Gasteiger partial charge in [-0.15, -0.1) is 0 Å². The normalized spacial score (nSPS) is 22.9. The highest BCUT2D eigenvalue weighted by Gasteiger charge is 2.39. The number of piperidine rings is 2. The molecule has 1 aromatic carbocycles. The minimum absolute atomic E-state index is 0.374. The lowest BCUT2D eigenvalue weighted by atomic mass is 9.74. The second-order valence-corrected chi connectivity index (χ2v) is 7.54. The van der Waals surface area contributed by atoms with Crippen molar-refractivity contribution in [1.29, 1.82) is 0 Å². The van der Waals surface area contributed by atoms with Gasteiger partial charge >= 0.3 is 11.9 Å². The molecule has 4 heterocycles. The number of rotatable bonds is 2. The fourth-order valence-corrected chi connectivity index (χ4v) is 4.29. The molecular formula is C20H22N4O5. The van der Waals surface area contributed by atoms with E-state index in [9.17, 15) is 0 Å². The number of carbonyl (C=O) groups is 2. The Bertz CT molecular complexity index is 1040. The van der Waals surface area contributed by atoms with Crippen LogP contribution >= 0.6 is 0 Å². The van der Waals surface area contributed by atoms with E-state index in [0.717, 1.165) is 23.9 Å². The van der Waals surface area contributed by atoms with Crippen molar-refractivity contribution in [2.75, 3.05) is 6.54 Å². The number of nitrogens with zero attached hydrogens (tertiary/aromatic N) is 3. The molecule has 0 amide bonds. The Morgan fingerprint density at radius 1 is 1.21 bits per heavy atom. The molecule has 3 aliphatic rings. The minimum atomic E-state index is -1.82. The van der Waals surface area contributed by atoms with Gasteiger partial charge in [0.2, 0.25) is 11.7 Å². The number of aromatic nitrogens is 3. The standard InChI is InChI=1S/C18H20N4O.C2H2O4/c1-22-10-14(12-4-2-3-5-16(12)22)17-20-18(23-21-17)13-8-11-6-7-15(13)19-9-11;3-1(4)2(5)6/h2-5,10-11,13,15,19H,6-9H2,1H3;(H,3,4)(H,5,6). The van der Waals surface area contributed by atoms with Crippen LogP contribution in [-0.4, -0.2) is 49.4 Å². The Labute approximate surface area is 166 Å².